The van der Waals surface area contributed by atoms with Crippen LogP contribution in [0.4, 0.5) is 30.6 Å². The van der Waals surface area contributed by atoms with Crippen LogP contribution in [0.1, 0.15) is 41.5 Å². The highest BCUT2D eigenvalue weighted by Crippen LogP contribution is 2.33. The third-order valence-corrected chi connectivity index (χ3v) is 5.35. The molecule has 176 valence electrons. The number of carbonyl (C=O) groups excluding carboxylic acids is 1. The number of ether oxygens (including phenoxy) is 1. The summed E-state index contributed by atoms with van der Waals surface area (Å²) in [6.45, 7) is 5.34. The molecule has 1 aromatic carbocycles. The van der Waals surface area contributed by atoms with Crippen LogP contribution in [-0.2, 0) is 4.79 Å². The summed E-state index contributed by atoms with van der Waals surface area (Å²) in [4.78, 5) is 24.7. The van der Waals surface area contributed by atoms with Gasteiger partial charge in [-0.15, -0.1) is 0 Å². The Kier molecular flexibility index (Phi) is 7.92. The topological polar surface area (TPSA) is 70.6 Å². The van der Waals surface area contributed by atoms with Crippen LogP contribution in [0.2, 0.25) is 0 Å². The summed E-state index contributed by atoms with van der Waals surface area (Å²) in [7, 11) is 0. The van der Waals surface area contributed by atoms with E-state index in [9.17, 15) is 18.0 Å². The highest BCUT2D eigenvalue weighted by Gasteiger charge is 2.33. The van der Waals surface area contributed by atoms with Crippen LogP contribution in [0.25, 0.3) is 0 Å². The monoisotopic (exact) mass is 453 g/mol. The molecule has 4 rings (SSSR count). The molecular formula is C22H30F3N5O2. The van der Waals surface area contributed by atoms with Crippen molar-refractivity contribution in [3.63, 3.8) is 0 Å². The van der Waals surface area contributed by atoms with Gasteiger partial charge in [-0.2, -0.15) is 4.98 Å². The molecule has 0 atom stereocenters. The number of anilines is 3. The molecule has 2 aromatic rings. The summed E-state index contributed by atoms with van der Waals surface area (Å²) in [5.41, 5.74) is 0.691. The largest absolute Gasteiger partial charge is 0.490 e. The lowest BCUT2D eigenvalue weighted by Crippen LogP contribution is -2.46. The predicted molar refractivity (Wildman–Crippen MR) is 119 cm³/mol. The van der Waals surface area contributed by atoms with Crippen molar-refractivity contribution in [3.05, 3.63) is 35.8 Å². The van der Waals surface area contributed by atoms with Crippen molar-refractivity contribution in [3.8, 4) is 5.75 Å². The predicted octanol–water partition coefficient (Wildman–Crippen LogP) is 4.38. The zero-order valence-electron chi connectivity index (χ0n) is 16.7. The molecule has 7 nitrogen and oxygen atoms in total. The smallest absolute Gasteiger partial charge is 0.246 e. The van der Waals surface area contributed by atoms with Crippen molar-refractivity contribution >= 4 is 23.4 Å². The van der Waals surface area contributed by atoms with E-state index in [1.165, 1.54) is 0 Å². The van der Waals surface area contributed by atoms with Crippen LogP contribution in [0.5, 0.6) is 5.75 Å². The molecule has 0 saturated heterocycles. The number of hydrogen-bond donors (Lipinski definition) is 1. The minimum absolute atomic E-state index is 0. The van der Waals surface area contributed by atoms with E-state index in [1.54, 1.807) is 11.1 Å². The van der Waals surface area contributed by atoms with Crippen LogP contribution in [-0.4, -0.2) is 47.7 Å². The lowest BCUT2D eigenvalue weighted by molar-refractivity contribution is -0.117. The minimum Gasteiger partial charge on any atom is -0.490 e. The fourth-order valence-corrected chi connectivity index (χ4v) is 3.68. The zero-order chi connectivity index (χ0) is 21.4. The average molecular weight is 454 g/mol. The first-order chi connectivity index (χ1) is 14.4. The van der Waals surface area contributed by atoms with Crippen LogP contribution >= 0.6 is 0 Å². The number of carbonyl (C=O) groups is 1. The van der Waals surface area contributed by atoms with Gasteiger partial charge in [-0.05, 0) is 13.8 Å². The first-order valence-corrected chi connectivity index (χ1v) is 9.89. The number of aromatic nitrogens is 2. The summed E-state index contributed by atoms with van der Waals surface area (Å²) in [6, 6.07) is 1.71. The Bertz CT molecular complexity index is 946. The van der Waals surface area contributed by atoms with Gasteiger partial charge < -0.3 is 19.9 Å². The lowest BCUT2D eigenvalue weighted by Gasteiger charge is -2.37. The number of nitrogens with one attached hydrogen (secondary N) is 1. The number of halogens is 3. The van der Waals surface area contributed by atoms with Gasteiger partial charge in [0, 0.05) is 44.1 Å². The molecule has 10 heteroatoms. The molecule has 1 fully saturated rings. The average Bonchev–Trinajstić information content (AvgIpc) is 2.69. The molecule has 1 N–H and O–H groups in total. The van der Waals surface area contributed by atoms with Crippen molar-refractivity contribution in [2.75, 3.05) is 34.8 Å². The number of fused-ring (bicyclic) bond motifs is 1. The summed E-state index contributed by atoms with van der Waals surface area (Å²) >= 11 is 0. The van der Waals surface area contributed by atoms with E-state index in [0.717, 1.165) is 12.1 Å². The lowest BCUT2D eigenvalue weighted by atomic mass is 9.89. The van der Waals surface area contributed by atoms with E-state index in [0.29, 0.717) is 43.4 Å². The van der Waals surface area contributed by atoms with Gasteiger partial charge in [-0.25, -0.2) is 18.2 Å². The molecule has 0 radical (unpaired) electrons. The zero-order valence-corrected chi connectivity index (χ0v) is 16.7. The van der Waals surface area contributed by atoms with Gasteiger partial charge in [0.25, 0.3) is 0 Å². The summed E-state index contributed by atoms with van der Waals surface area (Å²) < 4.78 is 45.2. The molecule has 0 unspecified atom stereocenters. The van der Waals surface area contributed by atoms with Crippen molar-refractivity contribution < 1.29 is 22.7 Å². The maximum absolute atomic E-state index is 13.3. The molecule has 0 bridgehead atoms. The van der Waals surface area contributed by atoms with Gasteiger partial charge in [-0.1, -0.05) is 14.9 Å². The van der Waals surface area contributed by atoms with E-state index in [-0.39, 0.29) is 45.2 Å². The van der Waals surface area contributed by atoms with Gasteiger partial charge in [0.05, 0.1) is 12.7 Å². The van der Waals surface area contributed by atoms with Crippen molar-refractivity contribution in [1.29, 1.82) is 0 Å². The molecule has 1 aliphatic carbocycles. The molecular weight excluding hydrogens is 423 g/mol. The third-order valence-electron chi connectivity index (χ3n) is 5.35. The Balaban J connectivity index is 0.00000181. The van der Waals surface area contributed by atoms with Crippen molar-refractivity contribution in [2.24, 2.45) is 0 Å². The number of likely N-dealkylation sites (N-methyl/N-ethyl adjacent to an activating group) is 2. The fourth-order valence-electron chi connectivity index (χ4n) is 3.68. The molecule has 0 spiro atoms. The van der Waals surface area contributed by atoms with E-state index in [2.05, 4.69) is 15.3 Å². The first kappa shape index (κ1) is 25.2. The SMILES string of the molecule is C.C.CCN1CC(=O)N(CC)c2cnc(NC3CC(Oc4cc(F)c(F)c(F)c4)C3)nc21. The quantitative estimate of drug-likeness (QED) is 0.655. The van der Waals surface area contributed by atoms with Gasteiger partial charge >= 0.3 is 0 Å². The number of nitrogens with zero attached hydrogens (tertiary/aromatic N) is 4. The van der Waals surface area contributed by atoms with E-state index in [1.807, 2.05) is 18.7 Å². The Hall–Kier alpha value is -3.04. The van der Waals surface area contributed by atoms with Crippen LogP contribution in [0, 0.1) is 17.5 Å². The summed E-state index contributed by atoms with van der Waals surface area (Å²) in [5, 5.41) is 3.22. The Morgan fingerprint density at radius 1 is 1.12 bits per heavy atom. The number of hydrogen-bond acceptors (Lipinski definition) is 6. The third kappa shape index (κ3) is 4.73. The van der Waals surface area contributed by atoms with Gasteiger partial charge in [0.15, 0.2) is 23.3 Å². The van der Waals surface area contributed by atoms with Gasteiger partial charge in [0.2, 0.25) is 11.9 Å². The maximum Gasteiger partial charge on any atom is 0.246 e. The Morgan fingerprint density at radius 3 is 2.38 bits per heavy atom. The van der Waals surface area contributed by atoms with E-state index in [4.69, 9.17) is 4.74 Å². The minimum atomic E-state index is -1.51. The molecule has 1 aliphatic heterocycles. The van der Waals surface area contributed by atoms with E-state index >= 15 is 0 Å². The highest BCUT2D eigenvalue weighted by molar-refractivity contribution is 6.02. The molecule has 2 heterocycles. The highest BCUT2D eigenvalue weighted by atomic mass is 19.2. The standard InChI is InChI=1S/C20H22F3N5O2.2CH4/c1-3-27-10-17(29)28(4-2)16-9-24-20(26-19(16)27)25-11-5-12(6-11)30-13-7-14(21)18(23)15(22)8-13;;/h7-9,11-12H,3-6,10H2,1-2H3,(H,24,25,26);2*1H4. The fraction of sp³-hybridized carbons (Fsp3) is 0.500. The van der Waals surface area contributed by atoms with Crippen molar-refractivity contribution in [2.45, 2.75) is 53.7 Å². The maximum atomic E-state index is 13.3. The number of benzene rings is 1. The van der Waals surface area contributed by atoms with Crippen molar-refractivity contribution in [1.82, 2.24) is 9.97 Å². The Morgan fingerprint density at radius 2 is 1.78 bits per heavy atom. The second-order valence-corrected chi connectivity index (χ2v) is 7.31. The summed E-state index contributed by atoms with van der Waals surface area (Å²) in [6.07, 6.45) is 2.56. The molecule has 1 aromatic heterocycles. The van der Waals surface area contributed by atoms with Crippen LogP contribution in [0.3, 0.4) is 0 Å². The molecule has 32 heavy (non-hydrogen) atoms. The van der Waals surface area contributed by atoms with E-state index < -0.39 is 17.5 Å². The second-order valence-electron chi connectivity index (χ2n) is 7.31. The van der Waals surface area contributed by atoms with Crippen LogP contribution in [0.15, 0.2) is 18.3 Å². The van der Waals surface area contributed by atoms with Crippen LogP contribution < -0.4 is 19.9 Å². The second kappa shape index (κ2) is 10.1. The number of amides is 1. The Labute approximate surface area is 186 Å². The molecule has 1 amide bonds. The molecule has 2 aliphatic rings. The van der Waals surface area contributed by atoms with Gasteiger partial charge in [0.1, 0.15) is 17.5 Å². The summed E-state index contributed by atoms with van der Waals surface area (Å²) in [5.74, 6) is -2.93. The first-order valence-electron chi connectivity index (χ1n) is 9.89. The normalized spacial score (nSPS) is 19.3. The molecule has 1 saturated carbocycles. The van der Waals surface area contributed by atoms with Gasteiger partial charge in [-0.3, -0.25) is 4.79 Å². The number of rotatable bonds is 6.